The zero-order valence-corrected chi connectivity index (χ0v) is 3.70. The first-order valence-electron chi connectivity index (χ1n) is 2.03. The summed E-state index contributed by atoms with van der Waals surface area (Å²) in [5, 5.41) is 8.15. The minimum atomic E-state index is -0.208. The van der Waals surface area contributed by atoms with E-state index in [2.05, 4.69) is 4.99 Å². The average Bonchev–Trinajstić information content (AvgIpc) is 2.14. The van der Waals surface area contributed by atoms with Gasteiger partial charge in [-0.1, -0.05) is 0 Å². The summed E-state index contributed by atoms with van der Waals surface area (Å²) in [6.45, 7) is 0. The summed E-state index contributed by atoms with van der Waals surface area (Å²) in [5.41, 5.74) is 0. The Labute approximate surface area is 41.8 Å². The Kier molecular flexibility index (Phi) is 0.910. The van der Waals surface area contributed by atoms with Crippen LogP contribution in [0.4, 0.5) is 0 Å². The monoisotopic (exact) mass is 92.0 g/mol. The first-order valence-corrected chi connectivity index (χ1v) is 2.03. The standard InChI is InChI=1S/C5H4N2/c6-4-5-2-1-3-7-5/h1-3,5H/t5-/m1/s1. The highest BCUT2D eigenvalue weighted by Gasteiger charge is 1.98. The Morgan fingerprint density at radius 2 is 2.57 bits per heavy atom. The van der Waals surface area contributed by atoms with Crippen molar-refractivity contribution in [2.75, 3.05) is 0 Å². The summed E-state index contributed by atoms with van der Waals surface area (Å²) >= 11 is 0. The number of hydrogen-bond acceptors (Lipinski definition) is 2. The van der Waals surface area contributed by atoms with Crippen molar-refractivity contribution in [2.45, 2.75) is 6.04 Å². The van der Waals surface area contributed by atoms with E-state index < -0.39 is 0 Å². The summed E-state index contributed by atoms with van der Waals surface area (Å²) in [7, 11) is 0. The Balaban J connectivity index is 2.65. The van der Waals surface area contributed by atoms with E-state index in [1.165, 1.54) is 0 Å². The average molecular weight is 92.1 g/mol. The second kappa shape index (κ2) is 1.57. The van der Waals surface area contributed by atoms with Crippen LogP contribution in [0.1, 0.15) is 0 Å². The Morgan fingerprint density at radius 3 is 2.86 bits per heavy atom. The molecule has 1 rings (SSSR count). The molecular weight excluding hydrogens is 88.1 g/mol. The number of nitrogens with zero attached hydrogens (tertiary/aromatic N) is 2. The highest BCUT2D eigenvalue weighted by molar-refractivity contribution is 5.74. The Bertz CT molecular complexity index is 138. The van der Waals surface area contributed by atoms with Crippen LogP contribution in [0.5, 0.6) is 0 Å². The fourth-order valence-electron chi connectivity index (χ4n) is 0.423. The van der Waals surface area contributed by atoms with E-state index >= 15 is 0 Å². The molecule has 0 amide bonds. The number of hydrogen-bond donors (Lipinski definition) is 0. The van der Waals surface area contributed by atoms with E-state index in [9.17, 15) is 0 Å². The molecule has 0 aromatic heterocycles. The molecule has 0 N–H and O–H groups in total. The second-order valence-corrected chi connectivity index (χ2v) is 1.26. The van der Waals surface area contributed by atoms with Gasteiger partial charge in [-0.25, -0.2) is 0 Å². The fourth-order valence-corrected chi connectivity index (χ4v) is 0.423. The van der Waals surface area contributed by atoms with Gasteiger partial charge < -0.3 is 0 Å². The highest BCUT2D eigenvalue weighted by Crippen LogP contribution is 1.94. The van der Waals surface area contributed by atoms with Crippen LogP contribution in [0, 0.1) is 11.3 Å². The van der Waals surface area contributed by atoms with Crippen LogP contribution in [-0.4, -0.2) is 12.3 Å². The topological polar surface area (TPSA) is 36.1 Å². The summed E-state index contributed by atoms with van der Waals surface area (Å²) in [5.74, 6) is 0. The van der Waals surface area contributed by atoms with Crippen LogP contribution in [-0.2, 0) is 0 Å². The van der Waals surface area contributed by atoms with Crippen molar-refractivity contribution in [3.63, 3.8) is 0 Å². The lowest BCUT2D eigenvalue weighted by molar-refractivity contribution is 1.07. The summed E-state index contributed by atoms with van der Waals surface area (Å²) in [4.78, 5) is 3.76. The Hall–Kier alpha value is -1.10. The molecule has 0 aromatic rings. The molecule has 0 bridgehead atoms. The highest BCUT2D eigenvalue weighted by atomic mass is 14.8. The third-order valence-electron chi connectivity index (χ3n) is 0.758. The normalized spacial score (nSPS) is 25.3. The molecule has 0 radical (unpaired) electrons. The summed E-state index contributed by atoms with van der Waals surface area (Å²) < 4.78 is 0. The number of nitriles is 1. The SMILES string of the molecule is N#C[C@H]1C=CC=N1. The molecule has 7 heavy (non-hydrogen) atoms. The molecule has 1 heterocycles. The van der Waals surface area contributed by atoms with E-state index in [-0.39, 0.29) is 6.04 Å². The van der Waals surface area contributed by atoms with Gasteiger partial charge in [-0.15, -0.1) is 0 Å². The summed E-state index contributed by atoms with van der Waals surface area (Å²) in [6.07, 6.45) is 5.15. The van der Waals surface area contributed by atoms with Crippen LogP contribution in [0.3, 0.4) is 0 Å². The molecule has 34 valence electrons. The number of allylic oxidation sites excluding steroid dienone is 1. The third-order valence-corrected chi connectivity index (χ3v) is 0.758. The molecule has 0 fully saturated rings. The maximum atomic E-state index is 8.15. The molecule has 0 aromatic carbocycles. The van der Waals surface area contributed by atoms with Crippen LogP contribution in [0.2, 0.25) is 0 Å². The van der Waals surface area contributed by atoms with E-state index in [1.807, 2.05) is 6.07 Å². The lowest BCUT2D eigenvalue weighted by Gasteiger charge is -1.81. The van der Waals surface area contributed by atoms with Gasteiger partial charge in [0, 0.05) is 6.21 Å². The Morgan fingerprint density at radius 1 is 1.71 bits per heavy atom. The lowest BCUT2D eigenvalue weighted by Crippen LogP contribution is -1.87. The van der Waals surface area contributed by atoms with Crippen molar-refractivity contribution in [1.29, 1.82) is 5.26 Å². The van der Waals surface area contributed by atoms with E-state index in [0.29, 0.717) is 0 Å². The van der Waals surface area contributed by atoms with Gasteiger partial charge in [0.1, 0.15) is 0 Å². The van der Waals surface area contributed by atoms with Gasteiger partial charge in [0.15, 0.2) is 6.04 Å². The molecule has 2 nitrogen and oxygen atoms in total. The second-order valence-electron chi connectivity index (χ2n) is 1.26. The van der Waals surface area contributed by atoms with E-state index in [1.54, 1.807) is 18.4 Å². The van der Waals surface area contributed by atoms with Gasteiger partial charge in [0.25, 0.3) is 0 Å². The molecule has 1 aliphatic heterocycles. The van der Waals surface area contributed by atoms with Crippen LogP contribution < -0.4 is 0 Å². The first kappa shape index (κ1) is 4.07. The number of rotatable bonds is 0. The smallest absolute Gasteiger partial charge is 0.155 e. The van der Waals surface area contributed by atoms with Crippen LogP contribution in [0.25, 0.3) is 0 Å². The molecule has 1 atom stereocenters. The van der Waals surface area contributed by atoms with Gasteiger partial charge in [-0.2, -0.15) is 5.26 Å². The molecule has 1 aliphatic rings. The van der Waals surface area contributed by atoms with Crippen molar-refractivity contribution in [2.24, 2.45) is 4.99 Å². The molecule has 0 spiro atoms. The van der Waals surface area contributed by atoms with Gasteiger partial charge in [0.2, 0.25) is 0 Å². The molecule has 2 heteroatoms. The van der Waals surface area contributed by atoms with Gasteiger partial charge in [0.05, 0.1) is 6.07 Å². The maximum absolute atomic E-state index is 8.15. The van der Waals surface area contributed by atoms with Gasteiger partial charge >= 0.3 is 0 Å². The molecular formula is C5H4N2. The van der Waals surface area contributed by atoms with Crippen molar-refractivity contribution < 1.29 is 0 Å². The molecule has 0 saturated heterocycles. The zero-order valence-electron chi connectivity index (χ0n) is 3.70. The quantitative estimate of drug-likeness (QED) is 0.429. The summed E-state index contributed by atoms with van der Waals surface area (Å²) in [6, 6.07) is 1.77. The zero-order chi connectivity index (χ0) is 5.11. The largest absolute Gasteiger partial charge is 0.270 e. The first-order chi connectivity index (χ1) is 3.43. The van der Waals surface area contributed by atoms with Gasteiger partial charge in [-0.05, 0) is 12.2 Å². The fraction of sp³-hybridized carbons (Fsp3) is 0.200. The third kappa shape index (κ3) is 0.660. The van der Waals surface area contributed by atoms with Crippen LogP contribution >= 0.6 is 0 Å². The lowest BCUT2D eigenvalue weighted by atomic mass is 10.3. The van der Waals surface area contributed by atoms with Crippen molar-refractivity contribution in [3.05, 3.63) is 12.2 Å². The number of aliphatic imine (C=N–C) groups is 1. The maximum Gasteiger partial charge on any atom is 0.155 e. The minimum Gasteiger partial charge on any atom is -0.270 e. The molecule has 0 unspecified atom stereocenters. The van der Waals surface area contributed by atoms with Crippen molar-refractivity contribution in [3.8, 4) is 6.07 Å². The van der Waals surface area contributed by atoms with E-state index in [0.717, 1.165) is 0 Å². The van der Waals surface area contributed by atoms with Crippen molar-refractivity contribution >= 4 is 6.21 Å². The van der Waals surface area contributed by atoms with Crippen LogP contribution in [0.15, 0.2) is 17.1 Å². The minimum absolute atomic E-state index is 0.208. The van der Waals surface area contributed by atoms with Gasteiger partial charge in [-0.3, -0.25) is 4.99 Å². The van der Waals surface area contributed by atoms with E-state index in [4.69, 9.17) is 5.26 Å². The predicted molar refractivity (Wildman–Crippen MR) is 27.0 cm³/mol. The molecule has 0 saturated carbocycles. The predicted octanol–water partition coefficient (Wildman–Crippen LogP) is 0.519. The molecule has 0 aliphatic carbocycles. The van der Waals surface area contributed by atoms with Crippen molar-refractivity contribution in [1.82, 2.24) is 0 Å².